The van der Waals surface area contributed by atoms with Crippen molar-refractivity contribution in [3.05, 3.63) is 98.3 Å². The molecule has 0 spiro atoms. The van der Waals surface area contributed by atoms with E-state index < -0.39 is 0 Å². The number of nitrogens with one attached hydrogen (secondary N) is 1. The Labute approximate surface area is 200 Å². The molecule has 5 rings (SSSR count). The zero-order chi connectivity index (χ0) is 23.8. The number of nitrogens with zero attached hydrogens (tertiary/aromatic N) is 4. The summed E-state index contributed by atoms with van der Waals surface area (Å²) in [5, 5.41) is 1.45. The van der Waals surface area contributed by atoms with Crippen molar-refractivity contribution in [1.82, 2.24) is 24.8 Å². The highest BCUT2D eigenvalue weighted by atomic mass is 32.1. The number of benzene rings is 2. The van der Waals surface area contributed by atoms with Gasteiger partial charge in [-0.1, -0.05) is 42.5 Å². The number of H-pyrrole nitrogens is 1. The average molecular weight is 470 g/mol. The molecule has 7 nitrogen and oxygen atoms in total. The number of para-hydroxylation sites is 1. The normalized spacial score (nSPS) is 11.3. The summed E-state index contributed by atoms with van der Waals surface area (Å²) >= 11 is 1.38. The summed E-state index contributed by atoms with van der Waals surface area (Å²) in [7, 11) is 0. The van der Waals surface area contributed by atoms with Crippen molar-refractivity contribution in [1.29, 1.82) is 0 Å². The number of aromatic amines is 1. The van der Waals surface area contributed by atoms with Gasteiger partial charge in [-0.15, -0.1) is 11.3 Å². The van der Waals surface area contributed by atoms with E-state index in [1.165, 1.54) is 11.3 Å². The summed E-state index contributed by atoms with van der Waals surface area (Å²) in [4.78, 5) is 46.1. The Morgan fingerprint density at radius 3 is 2.47 bits per heavy atom. The first kappa shape index (κ1) is 21.9. The van der Waals surface area contributed by atoms with E-state index in [1.54, 1.807) is 23.1 Å². The van der Waals surface area contributed by atoms with Gasteiger partial charge in [0.2, 0.25) is 0 Å². The number of fused-ring (bicyclic) bond motifs is 2. The number of rotatable bonds is 5. The summed E-state index contributed by atoms with van der Waals surface area (Å²) in [6.45, 7) is 6.29. The molecule has 3 aromatic heterocycles. The zero-order valence-electron chi connectivity index (χ0n) is 19.1. The molecule has 0 saturated heterocycles. The fraction of sp³-hybridized carbons (Fsp3) is 0.192. The van der Waals surface area contributed by atoms with Crippen LogP contribution in [0.15, 0.2) is 59.4 Å². The Hall–Kier alpha value is -3.91. The number of hydrogen-bond acceptors (Lipinski definition) is 6. The standard InChI is InChI=1S/C26H23N5O2S/c1-15-22-16(2)27-17(3)28-25(22)34-23(15)26(33)31(13-18-9-5-4-6-10-18)14-21-29-20-12-8-7-11-19(20)24(32)30-21/h4-12H,13-14H2,1-3H3,(H,29,30,32). The van der Waals surface area contributed by atoms with Gasteiger partial charge in [0.1, 0.15) is 16.5 Å². The van der Waals surface area contributed by atoms with Gasteiger partial charge in [-0.25, -0.2) is 15.0 Å². The van der Waals surface area contributed by atoms with E-state index in [0.717, 1.165) is 27.0 Å². The Balaban J connectivity index is 1.57. The molecule has 0 aliphatic rings. The molecule has 0 saturated carbocycles. The van der Waals surface area contributed by atoms with Crippen LogP contribution in [-0.4, -0.2) is 30.7 Å². The maximum absolute atomic E-state index is 13.9. The number of amides is 1. The first-order valence-corrected chi connectivity index (χ1v) is 11.8. The maximum Gasteiger partial charge on any atom is 0.265 e. The molecule has 0 atom stereocenters. The topological polar surface area (TPSA) is 91.8 Å². The van der Waals surface area contributed by atoms with Gasteiger partial charge >= 0.3 is 0 Å². The van der Waals surface area contributed by atoms with Crippen LogP contribution in [-0.2, 0) is 13.1 Å². The minimum Gasteiger partial charge on any atom is -0.326 e. The molecule has 1 amide bonds. The molecule has 1 N–H and O–H groups in total. The van der Waals surface area contributed by atoms with Gasteiger partial charge in [0.25, 0.3) is 11.5 Å². The minimum absolute atomic E-state index is 0.128. The average Bonchev–Trinajstić information content (AvgIpc) is 3.15. The third kappa shape index (κ3) is 4.08. The van der Waals surface area contributed by atoms with Crippen LogP contribution in [0.1, 0.15) is 38.1 Å². The smallest absolute Gasteiger partial charge is 0.265 e. The van der Waals surface area contributed by atoms with E-state index in [2.05, 4.69) is 19.9 Å². The predicted octanol–water partition coefficient (Wildman–Crippen LogP) is 4.70. The first-order valence-electron chi connectivity index (χ1n) is 11.0. The molecule has 0 aliphatic heterocycles. The van der Waals surface area contributed by atoms with Crippen molar-refractivity contribution >= 4 is 38.4 Å². The third-order valence-electron chi connectivity index (χ3n) is 5.78. The van der Waals surface area contributed by atoms with Gasteiger partial charge in [-0.2, -0.15) is 0 Å². The molecule has 0 bridgehead atoms. The highest BCUT2D eigenvalue weighted by Crippen LogP contribution is 2.32. The fourth-order valence-corrected chi connectivity index (χ4v) is 5.46. The molecule has 3 heterocycles. The second-order valence-corrected chi connectivity index (χ2v) is 9.27. The van der Waals surface area contributed by atoms with Crippen LogP contribution < -0.4 is 5.56 Å². The molecular formula is C26H23N5O2S. The number of aromatic nitrogens is 4. The number of carbonyl (C=O) groups is 1. The predicted molar refractivity (Wildman–Crippen MR) is 134 cm³/mol. The quantitative estimate of drug-likeness (QED) is 0.403. The van der Waals surface area contributed by atoms with Crippen molar-refractivity contribution in [2.75, 3.05) is 0 Å². The first-order chi connectivity index (χ1) is 16.4. The Morgan fingerprint density at radius 2 is 1.68 bits per heavy atom. The molecule has 0 fully saturated rings. The van der Waals surface area contributed by atoms with Crippen LogP contribution in [0.25, 0.3) is 21.1 Å². The lowest BCUT2D eigenvalue weighted by Crippen LogP contribution is -2.31. The van der Waals surface area contributed by atoms with Crippen LogP contribution in [0.2, 0.25) is 0 Å². The minimum atomic E-state index is -0.216. The number of carbonyl (C=O) groups excluding carboxylic acids is 1. The van der Waals surface area contributed by atoms with Crippen LogP contribution >= 0.6 is 11.3 Å². The molecule has 0 radical (unpaired) electrons. The Kier molecular flexibility index (Phi) is 5.67. The van der Waals surface area contributed by atoms with E-state index in [0.29, 0.717) is 34.0 Å². The second kappa shape index (κ2) is 8.79. The largest absolute Gasteiger partial charge is 0.326 e. The third-order valence-corrected chi connectivity index (χ3v) is 6.96. The molecule has 0 aliphatic carbocycles. The highest BCUT2D eigenvalue weighted by Gasteiger charge is 2.24. The Bertz CT molecular complexity index is 1590. The van der Waals surface area contributed by atoms with E-state index >= 15 is 0 Å². The van der Waals surface area contributed by atoms with E-state index in [4.69, 9.17) is 0 Å². The van der Waals surface area contributed by atoms with Gasteiger partial charge in [-0.05, 0) is 44.0 Å². The summed E-state index contributed by atoms with van der Waals surface area (Å²) < 4.78 is 0. The van der Waals surface area contributed by atoms with Gasteiger partial charge in [-0.3, -0.25) is 9.59 Å². The van der Waals surface area contributed by atoms with Crippen molar-refractivity contribution in [3.63, 3.8) is 0 Å². The van der Waals surface area contributed by atoms with E-state index in [-0.39, 0.29) is 18.0 Å². The van der Waals surface area contributed by atoms with Crippen molar-refractivity contribution in [2.45, 2.75) is 33.9 Å². The second-order valence-electron chi connectivity index (χ2n) is 8.27. The molecule has 8 heteroatoms. The Morgan fingerprint density at radius 1 is 0.941 bits per heavy atom. The van der Waals surface area contributed by atoms with Crippen molar-refractivity contribution in [3.8, 4) is 0 Å². The molecule has 5 aromatic rings. The number of aryl methyl sites for hydroxylation is 3. The highest BCUT2D eigenvalue weighted by molar-refractivity contribution is 7.20. The van der Waals surface area contributed by atoms with Crippen LogP contribution in [0.4, 0.5) is 0 Å². The molecular weight excluding hydrogens is 446 g/mol. The van der Waals surface area contributed by atoms with Crippen LogP contribution in [0, 0.1) is 20.8 Å². The van der Waals surface area contributed by atoms with Gasteiger partial charge in [0.05, 0.1) is 22.3 Å². The monoisotopic (exact) mass is 469 g/mol. The summed E-state index contributed by atoms with van der Waals surface area (Å²) in [6, 6.07) is 17.0. The summed E-state index contributed by atoms with van der Waals surface area (Å²) in [5.41, 5.74) is 3.12. The molecule has 0 unspecified atom stereocenters. The number of hydrogen-bond donors (Lipinski definition) is 1. The van der Waals surface area contributed by atoms with Crippen LogP contribution in [0.5, 0.6) is 0 Å². The lowest BCUT2D eigenvalue weighted by molar-refractivity contribution is 0.0730. The lowest BCUT2D eigenvalue weighted by Gasteiger charge is -2.22. The van der Waals surface area contributed by atoms with E-state index in [1.807, 2.05) is 57.2 Å². The van der Waals surface area contributed by atoms with Crippen molar-refractivity contribution in [2.24, 2.45) is 0 Å². The molecule has 34 heavy (non-hydrogen) atoms. The molecule has 2 aromatic carbocycles. The van der Waals surface area contributed by atoms with Gasteiger partial charge in [0.15, 0.2) is 0 Å². The summed E-state index contributed by atoms with van der Waals surface area (Å²) in [5.74, 6) is 1.00. The fourth-order valence-electron chi connectivity index (χ4n) is 4.22. The maximum atomic E-state index is 13.9. The SMILES string of the molecule is Cc1nc(C)c2c(C)c(C(=O)N(Cc3ccccc3)Cc3nc4ccccc4c(=O)[nH]3)sc2n1. The number of thiophene rings is 1. The molecule has 170 valence electrons. The van der Waals surface area contributed by atoms with Gasteiger partial charge < -0.3 is 9.88 Å². The van der Waals surface area contributed by atoms with Crippen LogP contribution in [0.3, 0.4) is 0 Å². The summed E-state index contributed by atoms with van der Waals surface area (Å²) in [6.07, 6.45) is 0. The van der Waals surface area contributed by atoms with Gasteiger partial charge in [0, 0.05) is 17.6 Å². The van der Waals surface area contributed by atoms with E-state index in [9.17, 15) is 9.59 Å². The lowest BCUT2D eigenvalue weighted by atomic mass is 10.1. The van der Waals surface area contributed by atoms with Crippen molar-refractivity contribution < 1.29 is 4.79 Å². The zero-order valence-corrected chi connectivity index (χ0v) is 19.9.